The third kappa shape index (κ3) is 12.8. The second-order valence-electron chi connectivity index (χ2n) is 1.95. The van der Waals surface area contributed by atoms with Crippen LogP contribution in [-0.4, -0.2) is 11.9 Å². The summed E-state index contributed by atoms with van der Waals surface area (Å²) in [5.41, 5.74) is 0. The summed E-state index contributed by atoms with van der Waals surface area (Å²) >= 11 is 0. The summed E-state index contributed by atoms with van der Waals surface area (Å²) in [7, 11) is 0. The first-order valence-corrected chi connectivity index (χ1v) is 3.02. The zero-order valence-corrected chi connectivity index (χ0v) is 7.25. The van der Waals surface area contributed by atoms with Gasteiger partial charge in [-0.05, 0) is 25.7 Å². The first-order valence-electron chi connectivity index (χ1n) is 3.02. The van der Waals surface area contributed by atoms with E-state index in [4.69, 9.17) is 0 Å². The van der Waals surface area contributed by atoms with Gasteiger partial charge in [-0.25, -0.2) is 0 Å². The minimum absolute atomic E-state index is 0. The van der Waals surface area contributed by atoms with E-state index in [-0.39, 0.29) is 35.2 Å². The topological polar surface area (TPSA) is 80.3 Å². The quantitative estimate of drug-likeness (QED) is 0.420. The largest absolute Gasteiger partial charge is 0.550 e. The monoisotopic (exact) mass is 251 g/mol. The fourth-order valence-corrected chi connectivity index (χ4v) is 0.539. The SMILES string of the molecule is O=C([O-])CCCCC(=O)[O-].[Ag]. The second-order valence-corrected chi connectivity index (χ2v) is 1.95. The molecule has 0 spiro atoms. The van der Waals surface area contributed by atoms with E-state index in [0.29, 0.717) is 12.8 Å². The van der Waals surface area contributed by atoms with Crippen LogP contribution in [0, 0.1) is 0 Å². The Labute approximate surface area is 80.1 Å². The number of carbonyl (C=O) groups excluding carboxylic acids is 2. The van der Waals surface area contributed by atoms with Gasteiger partial charge in [0.1, 0.15) is 0 Å². The van der Waals surface area contributed by atoms with E-state index in [9.17, 15) is 19.8 Å². The van der Waals surface area contributed by atoms with Crippen LogP contribution >= 0.6 is 0 Å². The summed E-state index contributed by atoms with van der Waals surface area (Å²) in [6, 6.07) is 0. The standard InChI is InChI=1S/C6H10O4.Ag/c7-5(8)3-1-2-4-6(9)10;/h1-4H2,(H,7,8)(H,9,10);/p-2. The molecule has 0 saturated heterocycles. The van der Waals surface area contributed by atoms with E-state index in [2.05, 4.69) is 0 Å². The predicted molar refractivity (Wildman–Crippen MR) is 28.5 cm³/mol. The van der Waals surface area contributed by atoms with Gasteiger partial charge in [0.2, 0.25) is 0 Å². The van der Waals surface area contributed by atoms with Gasteiger partial charge in [-0.2, -0.15) is 0 Å². The summed E-state index contributed by atoms with van der Waals surface area (Å²) in [5, 5.41) is 19.5. The van der Waals surface area contributed by atoms with Gasteiger partial charge in [0.15, 0.2) is 0 Å². The predicted octanol–water partition coefficient (Wildman–Crippen LogP) is -1.96. The van der Waals surface area contributed by atoms with Crippen molar-refractivity contribution in [1.82, 2.24) is 0 Å². The van der Waals surface area contributed by atoms with Gasteiger partial charge in [0.25, 0.3) is 0 Å². The minimum Gasteiger partial charge on any atom is -0.550 e. The van der Waals surface area contributed by atoms with Crippen LogP contribution in [0.3, 0.4) is 0 Å². The molecule has 0 aliphatic carbocycles. The Morgan fingerprint density at radius 3 is 1.36 bits per heavy atom. The molecule has 0 saturated carbocycles. The zero-order valence-electron chi connectivity index (χ0n) is 5.76. The smallest absolute Gasteiger partial charge is 0.0414 e. The van der Waals surface area contributed by atoms with E-state index in [1.165, 1.54) is 0 Å². The Hall–Kier alpha value is -0.320. The minimum atomic E-state index is -1.14. The molecule has 0 aromatic rings. The Morgan fingerprint density at radius 2 is 1.18 bits per heavy atom. The molecular formula is C6H8AgO4-2. The van der Waals surface area contributed by atoms with Crippen molar-refractivity contribution < 1.29 is 42.2 Å². The number of hydrogen-bond acceptors (Lipinski definition) is 4. The molecule has 0 heterocycles. The Kier molecular flexibility index (Phi) is 9.40. The van der Waals surface area contributed by atoms with Gasteiger partial charge in [0.05, 0.1) is 0 Å². The number of carboxylic acid groups (broad SMARTS) is 2. The summed E-state index contributed by atoms with van der Waals surface area (Å²) < 4.78 is 0. The van der Waals surface area contributed by atoms with Gasteiger partial charge in [-0.15, -0.1) is 0 Å². The maximum Gasteiger partial charge on any atom is 0.0414 e. The molecule has 0 aromatic heterocycles. The van der Waals surface area contributed by atoms with Crippen molar-refractivity contribution in [1.29, 1.82) is 0 Å². The summed E-state index contributed by atoms with van der Waals surface area (Å²) in [6.45, 7) is 0. The van der Waals surface area contributed by atoms with Crippen LogP contribution in [0.5, 0.6) is 0 Å². The van der Waals surface area contributed by atoms with Crippen molar-refractivity contribution in [2.75, 3.05) is 0 Å². The molecular weight excluding hydrogens is 244 g/mol. The van der Waals surface area contributed by atoms with E-state index in [0.717, 1.165) is 0 Å². The van der Waals surface area contributed by atoms with Crippen molar-refractivity contribution in [2.45, 2.75) is 25.7 Å². The van der Waals surface area contributed by atoms with E-state index in [1.54, 1.807) is 0 Å². The van der Waals surface area contributed by atoms with E-state index in [1.807, 2.05) is 0 Å². The first-order chi connectivity index (χ1) is 4.63. The molecule has 0 bridgehead atoms. The number of aliphatic carboxylic acids is 2. The summed E-state index contributed by atoms with van der Waals surface area (Å²) in [4.78, 5) is 19.5. The van der Waals surface area contributed by atoms with Crippen LogP contribution < -0.4 is 10.2 Å². The maximum atomic E-state index is 9.77. The molecule has 0 fully saturated rings. The molecule has 0 aliphatic rings. The first kappa shape index (κ1) is 13.3. The van der Waals surface area contributed by atoms with Crippen LogP contribution in [-0.2, 0) is 32.0 Å². The molecule has 69 valence electrons. The molecule has 0 rings (SSSR count). The summed E-state index contributed by atoms with van der Waals surface area (Å²) in [6.07, 6.45) is 0.535. The van der Waals surface area contributed by atoms with E-state index >= 15 is 0 Å². The third-order valence-electron chi connectivity index (χ3n) is 1.01. The molecule has 0 atom stereocenters. The van der Waals surface area contributed by atoms with Gasteiger partial charge in [0, 0.05) is 34.3 Å². The molecule has 4 nitrogen and oxygen atoms in total. The van der Waals surface area contributed by atoms with E-state index < -0.39 is 11.9 Å². The number of carbonyl (C=O) groups is 2. The van der Waals surface area contributed by atoms with Crippen molar-refractivity contribution in [3.63, 3.8) is 0 Å². The molecule has 1 radical (unpaired) electrons. The average Bonchev–Trinajstić information content (AvgIpc) is 1.79. The van der Waals surface area contributed by atoms with Crippen LogP contribution in [0.2, 0.25) is 0 Å². The Balaban J connectivity index is 0. The number of carboxylic acids is 2. The van der Waals surface area contributed by atoms with Gasteiger partial charge < -0.3 is 19.8 Å². The molecule has 11 heavy (non-hydrogen) atoms. The maximum absolute atomic E-state index is 9.77. The van der Waals surface area contributed by atoms with Crippen LogP contribution in [0.25, 0.3) is 0 Å². The van der Waals surface area contributed by atoms with Crippen LogP contribution in [0.15, 0.2) is 0 Å². The number of rotatable bonds is 5. The van der Waals surface area contributed by atoms with Crippen molar-refractivity contribution in [3.8, 4) is 0 Å². The molecule has 0 amide bonds. The molecule has 0 aliphatic heterocycles. The van der Waals surface area contributed by atoms with Gasteiger partial charge in [-0.1, -0.05) is 0 Å². The Bertz CT molecular complexity index is 119. The van der Waals surface area contributed by atoms with Crippen LogP contribution in [0.4, 0.5) is 0 Å². The second kappa shape index (κ2) is 7.78. The van der Waals surface area contributed by atoms with Crippen LogP contribution in [0.1, 0.15) is 25.7 Å². The normalized spacial score (nSPS) is 8.36. The molecule has 0 unspecified atom stereocenters. The summed E-state index contributed by atoms with van der Waals surface area (Å²) in [5.74, 6) is -2.28. The number of unbranched alkanes of at least 4 members (excludes halogenated alkanes) is 1. The van der Waals surface area contributed by atoms with Crippen molar-refractivity contribution in [2.24, 2.45) is 0 Å². The molecule has 0 N–H and O–H groups in total. The zero-order chi connectivity index (χ0) is 7.98. The Morgan fingerprint density at radius 1 is 0.909 bits per heavy atom. The van der Waals surface area contributed by atoms with Gasteiger partial charge >= 0.3 is 0 Å². The van der Waals surface area contributed by atoms with Crippen molar-refractivity contribution >= 4 is 11.9 Å². The third-order valence-corrected chi connectivity index (χ3v) is 1.01. The fourth-order valence-electron chi connectivity index (χ4n) is 0.539. The van der Waals surface area contributed by atoms with Gasteiger partial charge in [-0.3, -0.25) is 0 Å². The number of hydrogen-bond donors (Lipinski definition) is 0. The molecule has 0 aromatic carbocycles. The molecule has 5 heteroatoms. The van der Waals surface area contributed by atoms with Crippen molar-refractivity contribution in [3.05, 3.63) is 0 Å². The average molecular weight is 252 g/mol. The fraction of sp³-hybridized carbons (Fsp3) is 0.667.